The van der Waals surface area contributed by atoms with E-state index in [1.165, 1.54) is 45.2 Å². The van der Waals surface area contributed by atoms with E-state index in [0.717, 1.165) is 24.4 Å². The molecule has 1 saturated heterocycles. The van der Waals surface area contributed by atoms with Crippen molar-refractivity contribution in [2.75, 3.05) is 19.6 Å². The first-order valence-corrected chi connectivity index (χ1v) is 6.23. The Kier molecular flexibility index (Phi) is 3.45. The molecule has 2 aliphatic rings. The number of nitrogens with zero attached hydrogens (tertiary/aromatic N) is 1. The molecule has 0 aromatic rings. The minimum atomic E-state index is 0.777. The van der Waals surface area contributed by atoms with Gasteiger partial charge in [-0.05, 0) is 44.7 Å². The number of nitrogens with two attached hydrogens (primary N) is 1. The highest BCUT2D eigenvalue weighted by Gasteiger charge is 2.28. The molecule has 0 bridgehead atoms. The largest absolute Gasteiger partial charge is 0.330 e. The van der Waals surface area contributed by atoms with E-state index in [0.29, 0.717) is 0 Å². The van der Waals surface area contributed by atoms with Gasteiger partial charge in [0, 0.05) is 12.6 Å². The molecular formula is C12H24N2. The molecule has 0 aromatic heterocycles. The molecule has 1 aliphatic heterocycles. The van der Waals surface area contributed by atoms with E-state index >= 15 is 0 Å². The summed E-state index contributed by atoms with van der Waals surface area (Å²) in [5, 5.41) is 0. The van der Waals surface area contributed by atoms with Crippen molar-refractivity contribution in [2.45, 2.75) is 45.1 Å². The number of rotatable bonds is 4. The molecule has 1 saturated carbocycles. The van der Waals surface area contributed by atoms with Crippen molar-refractivity contribution in [2.24, 2.45) is 17.6 Å². The molecule has 2 heteroatoms. The van der Waals surface area contributed by atoms with Crippen LogP contribution in [0.15, 0.2) is 0 Å². The van der Waals surface area contributed by atoms with Crippen molar-refractivity contribution < 1.29 is 0 Å². The second-order valence-electron chi connectivity index (χ2n) is 5.27. The normalized spacial score (nSPS) is 31.7. The van der Waals surface area contributed by atoms with E-state index < -0.39 is 0 Å². The quantitative estimate of drug-likeness (QED) is 0.743. The zero-order chi connectivity index (χ0) is 9.97. The van der Waals surface area contributed by atoms with Gasteiger partial charge in [-0.3, -0.25) is 0 Å². The van der Waals surface area contributed by atoms with Crippen LogP contribution in [-0.4, -0.2) is 30.6 Å². The van der Waals surface area contributed by atoms with Gasteiger partial charge in [-0.2, -0.15) is 0 Å². The first-order chi connectivity index (χ1) is 6.79. The van der Waals surface area contributed by atoms with Gasteiger partial charge in [-0.15, -0.1) is 0 Å². The van der Waals surface area contributed by atoms with Crippen LogP contribution in [0.1, 0.15) is 39.0 Å². The fourth-order valence-electron chi connectivity index (χ4n) is 2.82. The molecule has 0 spiro atoms. The van der Waals surface area contributed by atoms with Crippen LogP contribution in [-0.2, 0) is 0 Å². The summed E-state index contributed by atoms with van der Waals surface area (Å²) in [6.45, 7) is 5.82. The lowest BCUT2D eigenvalue weighted by Crippen LogP contribution is -2.34. The van der Waals surface area contributed by atoms with E-state index in [4.69, 9.17) is 5.73 Å². The van der Waals surface area contributed by atoms with Crippen LogP contribution in [0.2, 0.25) is 0 Å². The highest BCUT2D eigenvalue weighted by atomic mass is 15.2. The Hall–Kier alpha value is -0.0800. The van der Waals surface area contributed by atoms with Gasteiger partial charge in [-0.1, -0.05) is 19.3 Å². The van der Waals surface area contributed by atoms with Gasteiger partial charge in [-0.25, -0.2) is 0 Å². The molecule has 2 fully saturated rings. The SMILES string of the molecule is CC(CC1CCC1)N1CCC(CN)C1. The molecule has 2 N–H and O–H groups in total. The molecule has 1 aliphatic carbocycles. The van der Waals surface area contributed by atoms with Gasteiger partial charge in [0.05, 0.1) is 0 Å². The first-order valence-electron chi connectivity index (χ1n) is 6.23. The van der Waals surface area contributed by atoms with Crippen LogP contribution in [0.5, 0.6) is 0 Å². The van der Waals surface area contributed by atoms with E-state index in [9.17, 15) is 0 Å². The Morgan fingerprint density at radius 2 is 2.07 bits per heavy atom. The molecule has 2 unspecified atom stereocenters. The van der Waals surface area contributed by atoms with Crippen LogP contribution in [0.25, 0.3) is 0 Å². The van der Waals surface area contributed by atoms with Gasteiger partial charge in [0.15, 0.2) is 0 Å². The molecule has 2 nitrogen and oxygen atoms in total. The van der Waals surface area contributed by atoms with Crippen molar-refractivity contribution in [1.29, 1.82) is 0 Å². The minimum absolute atomic E-state index is 0.777. The number of hydrogen-bond donors (Lipinski definition) is 1. The molecule has 0 radical (unpaired) electrons. The second kappa shape index (κ2) is 4.63. The Balaban J connectivity index is 1.71. The molecule has 82 valence electrons. The molecule has 2 atom stereocenters. The minimum Gasteiger partial charge on any atom is -0.330 e. The third kappa shape index (κ3) is 2.29. The third-order valence-corrected chi connectivity index (χ3v) is 4.17. The Bertz CT molecular complexity index is 177. The van der Waals surface area contributed by atoms with Gasteiger partial charge in [0.1, 0.15) is 0 Å². The van der Waals surface area contributed by atoms with Crippen LogP contribution >= 0.6 is 0 Å². The van der Waals surface area contributed by atoms with Crippen LogP contribution < -0.4 is 5.73 Å². The molecule has 2 rings (SSSR count). The Morgan fingerprint density at radius 1 is 1.29 bits per heavy atom. The summed E-state index contributed by atoms with van der Waals surface area (Å²) in [7, 11) is 0. The van der Waals surface area contributed by atoms with Crippen LogP contribution in [0.3, 0.4) is 0 Å². The van der Waals surface area contributed by atoms with Gasteiger partial charge >= 0.3 is 0 Å². The van der Waals surface area contributed by atoms with E-state index in [1.807, 2.05) is 0 Å². The maximum absolute atomic E-state index is 5.71. The van der Waals surface area contributed by atoms with Gasteiger partial charge < -0.3 is 10.6 Å². The average molecular weight is 196 g/mol. The Labute approximate surface area is 87.8 Å². The Morgan fingerprint density at radius 3 is 2.57 bits per heavy atom. The van der Waals surface area contributed by atoms with Crippen molar-refractivity contribution >= 4 is 0 Å². The summed E-state index contributed by atoms with van der Waals surface area (Å²) in [6.07, 6.45) is 7.20. The maximum atomic E-state index is 5.71. The second-order valence-corrected chi connectivity index (χ2v) is 5.27. The van der Waals surface area contributed by atoms with Crippen molar-refractivity contribution in [3.05, 3.63) is 0 Å². The van der Waals surface area contributed by atoms with E-state index in [1.54, 1.807) is 0 Å². The zero-order valence-corrected chi connectivity index (χ0v) is 9.41. The predicted octanol–water partition coefficient (Wildman–Crippen LogP) is 1.85. The molecule has 14 heavy (non-hydrogen) atoms. The molecule has 1 heterocycles. The monoisotopic (exact) mass is 196 g/mol. The molecule has 0 amide bonds. The topological polar surface area (TPSA) is 29.3 Å². The lowest BCUT2D eigenvalue weighted by Gasteiger charge is -2.32. The van der Waals surface area contributed by atoms with E-state index in [2.05, 4.69) is 11.8 Å². The number of hydrogen-bond acceptors (Lipinski definition) is 2. The lowest BCUT2D eigenvalue weighted by molar-refractivity contribution is 0.177. The predicted molar refractivity (Wildman–Crippen MR) is 60.2 cm³/mol. The van der Waals surface area contributed by atoms with Crippen molar-refractivity contribution in [3.8, 4) is 0 Å². The van der Waals surface area contributed by atoms with Crippen molar-refractivity contribution in [3.63, 3.8) is 0 Å². The number of likely N-dealkylation sites (tertiary alicyclic amines) is 1. The molecule has 0 aromatic carbocycles. The fraction of sp³-hybridized carbons (Fsp3) is 1.00. The fourth-order valence-corrected chi connectivity index (χ4v) is 2.82. The van der Waals surface area contributed by atoms with E-state index in [-0.39, 0.29) is 0 Å². The van der Waals surface area contributed by atoms with Gasteiger partial charge in [0.2, 0.25) is 0 Å². The standard InChI is InChI=1S/C12H24N2/c1-10(7-11-3-2-4-11)14-6-5-12(8-13)9-14/h10-12H,2-9,13H2,1H3. The third-order valence-electron chi connectivity index (χ3n) is 4.17. The smallest absolute Gasteiger partial charge is 0.00696 e. The lowest BCUT2D eigenvalue weighted by atomic mass is 9.81. The maximum Gasteiger partial charge on any atom is 0.00696 e. The summed E-state index contributed by atoms with van der Waals surface area (Å²) >= 11 is 0. The highest BCUT2D eigenvalue weighted by Crippen LogP contribution is 2.32. The highest BCUT2D eigenvalue weighted by molar-refractivity contribution is 4.82. The van der Waals surface area contributed by atoms with Crippen LogP contribution in [0.4, 0.5) is 0 Å². The summed E-state index contributed by atoms with van der Waals surface area (Å²) < 4.78 is 0. The zero-order valence-electron chi connectivity index (χ0n) is 9.41. The summed E-state index contributed by atoms with van der Waals surface area (Å²) in [6, 6.07) is 0.803. The van der Waals surface area contributed by atoms with Gasteiger partial charge in [0.25, 0.3) is 0 Å². The summed E-state index contributed by atoms with van der Waals surface area (Å²) in [5.74, 6) is 1.82. The van der Waals surface area contributed by atoms with Crippen LogP contribution in [0, 0.1) is 11.8 Å². The molecular weight excluding hydrogens is 172 g/mol. The average Bonchev–Trinajstić information content (AvgIpc) is 2.59. The summed E-state index contributed by atoms with van der Waals surface area (Å²) in [5.41, 5.74) is 5.71. The first kappa shape index (κ1) is 10.4. The summed E-state index contributed by atoms with van der Waals surface area (Å²) in [4.78, 5) is 2.65. The van der Waals surface area contributed by atoms with Crippen molar-refractivity contribution in [1.82, 2.24) is 4.90 Å².